The van der Waals surface area contributed by atoms with Crippen LogP contribution in [0.1, 0.15) is 49.9 Å². The number of carbonyl (C=O) groups is 1. The van der Waals surface area contributed by atoms with Crippen molar-refractivity contribution < 1.29 is 14.3 Å². The topological polar surface area (TPSA) is 35.5 Å². The molecule has 1 saturated heterocycles. The number of ketones is 1. The third kappa shape index (κ3) is 2.16. The van der Waals surface area contributed by atoms with Gasteiger partial charge in [-0.1, -0.05) is 19.1 Å². The number of hydrogen-bond donors (Lipinski definition) is 0. The molecule has 2 aliphatic heterocycles. The van der Waals surface area contributed by atoms with Gasteiger partial charge in [0.25, 0.3) is 0 Å². The summed E-state index contributed by atoms with van der Waals surface area (Å²) in [6.45, 7) is 4.90. The van der Waals surface area contributed by atoms with Crippen molar-refractivity contribution in [1.82, 2.24) is 0 Å². The average Bonchev–Trinajstić information content (AvgIpc) is 2.38. The summed E-state index contributed by atoms with van der Waals surface area (Å²) in [6, 6.07) is 7.55. The van der Waals surface area contributed by atoms with Crippen molar-refractivity contribution in [2.75, 3.05) is 6.61 Å². The molecule has 19 heavy (non-hydrogen) atoms. The standard InChI is InChI=1S/C16H20O3/c1-3-15(2)11-16(8-9-18-15)10-13(17)12-6-4-5-7-14(12)19-16/h4-7H,3,8-11H2,1-2H3. The molecule has 2 aliphatic rings. The number of fused-ring (bicyclic) bond motifs is 1. The SMILES string of the molecule is CCC1(C)CC2(CCO1)CC(=O)c1ccccc1O2. The van der Waals surface area contributed by atoms with E-state index < -0.39 is 0 Å². The van der Waals surface area contributed by atoms with Crippen molar-refractivity contribution in [2.24, 2.45) is 0 Å². The van der Waals surface area contributed by atoms with Gasteiger partial charge in [0.05, 0.1) is 24.2 Å². The Morgan fingerprint density at radius 1 is 1.32 bits per heavy atom. The molecule has 1 aromatic carbocycles. The van der Waals surface area contributed by atoms with Crippen molar-refractivity contribution in [3.63, 3.8) is 0 Å². The van der Waals surface area contributed by atoms with Crippen molar-refractivity contribution in [3.05, 3.63) is 29.8 Å². The van der Waals surface area contributed by atoms with Crippen molar-refractivity contribution in [2.45, 2.75) is 50.7 Å². The van der Waals surface area contributed by atoms with Gasteiger partial charge in [0.1, 0.15) is 11.4 Å². The van der Waals surface area contributed by atoms with Crippen LogP contribution in [-0.4, -0.2) is 23.6 Å². The smallest absolute Gasteiger partial charge is 0.170 e. The Balaban J connectivity index is 1.93. The molecule has 1 aromatic rings. The number of rotatable bonds is 1. The van der Waals surface area contributed by atoms with Crippen LogP contribution in [0.4, 0.5) is 0 Å². The van der Waals surface area contributed by atoms with E-state index in [2.05, 4.69) is 13.8 Å². The van der Waals surface area contributed by atoms with Crippen LogP contribution in [0, 0.1) is 0 Å². The minimum atomic E-state index is -0.367. The van der Waals surface area contributed by atoms with Crippen molar-refractivity contribution in [3.8, 4) is 5.75 Å². The lowest BCUT2D eigenvalue weighted by atomic mass is 9.76. The number of Topliss-reactive ketones (excluding diaryl/α,β-unsaturated/α-hetero) is 1. The number of para-hydroxylation sites is 1. The molecule has 2 heterocycles. The quantitative estimate of drug-likeness (QED) is 0.776. The molecule has 2 atom stereocenters. The molecule has 1 spiro atoms. The highest BCUT2D eigenvalue weighted by atomic mass is 16.5. The van der Waals surface area contributed by atoms with Crippen LogP contribution in [0.25, 0.3) is 0 Å². The fourth-order valence-corrected chi connectivity index (χ4v) is 3.21. The summed E-state index contributed by atoms with van der Waals surface area (Å²) >= 11 is 0. The molecule has 0 radical (unpaired) electrons. The first-order chi connectivity index (χ1) is 9.06. The van der Waals surface area contributed by atoms with Crippen LogP contribution < -0.4 is 4.74 Å². The first-order valence-electron chi connectivity index (χ1n) is 7.01. The van der Waals surface area contributed by atoms with E-state index in [1.54, 1.807) is 0 Å². The van der Waals surface area contributed by atoms with Crippen LogP contribution >= 0.6 is 0 Å². The van der Waals surface area contributed by atoms with E-state index in [1.807, 2.05) is 24.3 Å². The van der Waals surface area contributed by atoms with Gasteiger partial charge in [-0.2, -0.15) is 0 Å². The molecule has 3 heteroatoms. The lowest BCUT2D eigenvalue weighted by Crippen LogP contribution is -2.53. The number of hydrogen-bond acceptors (Lipinski definition) is 3. The summed E-state index contributed by atoms with van der Waals surface area (Å²) < 4.78 is 12.1. The zero-order valence-electron chi connectivity index (χ0n) is 11.6. The Morgan fingerprint density at radius 2 is 2.11 bits per heavy atom. The minimum absolute atomic E-state index is 0.176. The number of ether oxygens (including phenoxy) is 2. The number of benzene rings is 1. The van der Waals surface area contributed by atoms with Crippen LogP contribution in [0.3, 0.4) is 0 Å². The predicted octanol–water partition coefficient (Wildman–Crippen LogP) is 3.37. The largest absolute Gasteiger partial charge is 0.486 e. The van der Waals surface area contributed by atoms with E-state index in [1.165, 1.54) is 0 Å². The second-order valence-electron chi connectivity index (χ2n) is 5.96. The lowest BCUT2D eigenvalue weighted by molar-refractivity contribution is -0.144. The van der Waals surface area contributed by atoms with Gasteiger partial charge in [-0.15, -0.1) is 0 Å². The molecular weight excluding hydrogens is 240 g/mol. The molecule has 3 rings (SSSR count). The van der Waals surface area contributed by atoms with E-state index in [0.29, 0.717) is 13.0 Å². The maximum Gasteiger partial charge on any atom is 0.170 e. The summed E-state index contributed by atoms with van der Waals surface area (Å²) in [4.78, 5) is 12.3. The van der Waals surface area contributed by atoms with Gasteiger partial charge in [0, 0.05) is 12.8 Å². The monoisotopic (exact) mass is 260 g/mol. The molecule has 0 N–H and O–H groups in total. The van der Waals surface area contributed by atoms with E-state index in [0.717, 1.165) is 30.6 Å². The molecule has 0 aliphatic carbocycles. The molecule has 0 saturated carbocycles. The zero-order chi connectivity index (χ0) is 13.5. The first-order valence-corrected chi connectivity index (χ1v) is 7.01. The number of carbonyl (C=O) groups excluding carboxylic acids is 1. The van der Waals surface area contributed by atoms with Gasteiger partial charge in [0.2, 0.25) is 0 Å². The van der Waals surface area contributed by atoms with Crippen molar-refractivity contribution >= 4 is 5.78 Å². The van der Waals surface area contributed by atoms with Gasteiger partial charge in [-0.25, -0.2) is 0 Å². The molecule has 3 nitrogen and oxygen atoms in total. The summed E-state index contributed by atoms with van der Waals surface area (Å²) in [7, 11) is 0. The molecule has 102 valence electrons. The third-order valence-electron chi connectivity index (χ3n) is 4.45. The minimum Gasteiger partial charge on any atom is -0.486 e. The van der Waals surface area contributed by atoms with Crippen LogP contribution in [0.2, 0.25) is 0 Å². The van der Waals surface area contributed by atoms with Crippen LogP contribution in [-0.2, 0) is 4.74 Å². The highest BCUT2D eigenvalue weighted by Crippen LogP contribution is 2.44. The van der Waals surface area contributed by atoms with E-state index in [-0.39, 0.29) is 17.0 Å². The second kappa shape index (κ2) is 4.34. The molecule has 0 bridgehead atoms. The Labute approximate surface area is 113 Å². The Bertz CT molecular complexity index is 510. The van der Waals surface area contributed by atoms with E-state index in [9.17, 15) is 4.79 Å². The molecule has 2 unspecified atom stereocenters. The zero-order valence-corrected chi connectivity index (χ0v) is 11.6. The first kappa shape index (κ1) is 12.7. The third-order valence-corrected chi connectivity index (χ3v) is 4.45. The average molecular weight is 260 g/mol. The van der Waals surface area contributed by atoms with Crippen molar-refractivity contribution in [1.29, 1.82) is 0 Å². The van der Waals surface area contributed by atoms with Gasteiger partial charge in [-0.05, 0) is 25.5 Å². The molecular formula is C16H20O3. The highest BCUT2D eigenvalue weighted by molar-refractivity contribution is 6.00. The Kier molecular flexibility index (Phi) is 2.90. The van der Waals surface area contributed by atoms with Gasteiger partial charge >= 0.3 is 0 Å². The summed E-state index contributed by atoms with van der Waals surface area (Å²) in [5.74, 6) is 0.932. The van der Waals surface area contributed by atoms with Gasteiger partial charge in [-0.3, -0.25) is 4.79 Å². The fourth-order valence-electron chi connectivity index (χ4n) is 3.21. The summed E-state index contributed by atoms with van der Waals surface area (Å²) in [6.07, 6.45) is 3.00. The Morgan fingerprint density at radius 3 is 2.89 bits per heavy atom. The van der Waals surface area contributed by atoms with E-state index >= 15 is 0 Å². The maximum absolute atomic E-state index is 12.3. The van der Waals surface area contributed by atoms with Crippen LogP contribution in [0.15, 0.2) is 24.3 Å². The van der Waals surface area contributed by atoms with Gasteiger partial charge in [0.15, 0.2) is 5.78 Å². The maximum atomic E-state index is 12.3. The molecule has 0 amide bonds. The fraction of sp³-hybridized carbons (Fsp3) is 0.562. The summed E-state index contributed by atoms with van der Waals surface area (Å²) in [5.41, 5.74) is 0.178. The second-order valence-corrected chi connectivity index (χ2v) is 5.96. The summed E-state index contributed by atoms with van der Waals surface area (Å²) in [5, 5.41) is 0. The molecule has 1 fully saturated rings. The van der Waals surface area contributed by atoms with Gasteiger partial charge < -0.3 is 9.47 Å². The highest BCUT2D eigenvalue weighted by Gasteiger charge is 2.48. The normalized spacial score (nSPS) is 33.9. The predicted molar refractivity (Wildman–Crippen MR) is 72.6 cm³/mol. The Hall–Kier alpha value is -1.35. The van der Waals surface area contributed by atoms with Crippen LogP contribution in [0.5, 0.6) is 5.75 Å². The molecule has 0 aromatic heterocycles. The van der Waals surface area contributed by atoms with E-state index in [4.69, 9.17) is 9.47 Å². The lowest BCUT2D eigenvalue weighted by Gasteiger charge is -2.47.